The number of benzene rings is 2. The number of amides is 1. The first-order valence-electron chi connectivity index (χ1n) is 8.80. The van der Waals surface area contributed by atoms with Crippen LogP contribution in [0.25, 0.3) is 0 Å². The summed E-state index contributed by atoms with van der Waals surface area (Å²) in [5.74, 6) is -0.0112. The van der Waals surface area contributed by atoms with Gasteiger partial charge in [-0.05, 0) is 30.3 Å². The van der Waals surface area contributed by atoms with Crippen molar-refractivity contribution in [1.29, 1.82) is 0 Å². The molecular weight excluding hydrogens is 382 g/mol. The number of carbonyl (C=O) groups is 1. The lowest BCUT2D eigenvalue weighted by Crippen LogP contribution is -2.43. The van der Waals surface area contributed by atoms with Gasteiger partial charge in [0.15, 0.2) is 5.96 Å². The number of halogens is 2. The summed E-state index contributed by atoms with van der Waals surface area (Å²) in [5, 5.41) is 6.05. The Morgan fingerprint density at radius 2 is 1.86 bits per heavy atom. The third-order valence-electron chi connectivity index (χ3n) is 3.73. The molecule has 28 heavy (non-hydrogen) atoms. The Morgan fingerprint density at radius 1 is 1.11 bits per heavy atom. The van der Waals surface area contributed by atoms with Crippen LogP contribution in [0.2, 0.25) is 0 Å². The number of aliphatic imine (C=N–C) groups is 1. The number of hydrogen-bond acceptors (Lipinski definition) is 3. The second-order valence-electron chi connectivity index (χ2n) is 6.13. The number of guanidine groups is 1. The highest BCUT2D eigenvalue weighted by Crippen LogP contribution is 2.15. The van der Waals surface area contributed by atoms with E-state index in [1.165, 1.54) is 4.90 Å². The van der Waals surface area contributed by atoms with E-state index in [0.717, 1.165) is 28.8 Å². The minimum Gasteiger partial charge on any atom is -0.356 e. The zero-order chi connectivity index (χ0) is 20.4. The van der Waals surface area contributed by atoms with Crippen LogP contribution < -0.4 is 10.6 Å². The number of rotatable bonds is 8. The van der Waals surface area contributed by atoms with Crippen molar-refractivity contribution in [1.82, 2.24) is 15.5 Å². The molecule has 0 unspecified atom stereocenters. The van der Waals surface area contributed by atoms with Crippen LogP contribution in [0.1, 0.15) is 5.56 Å². The molecule has 150 valence electrons. The van der Waals surface area contributed by atoms with Crippen LogP contribution in [0.15, 0.2) is 58.4 Å². The third-order valence-corrected chi connectivity index (χ3v) is 4.74. The maximum absolute atomic E-state index is 13.8. The first kappa shape index (κ1) is 21.7. The Labute approximate surface area is 168 Å². The molecule has 2 rings (SSSR count). The molecule has 2 aromatic carbocycles. The second kappa shape index (κ2) is 11.3. The van der Waals surface area contributed by atoms with Gasteiger partial charge < -0.3 is 15.5 Å². The predicted octanol–water partition coefficient (Wildman–Crippen LogP) is 2.88. The quantitative estimate of drug-likeness (QED) is 0.306. The van der Waals surface area contributed by atoms with E-state index in [2.05, 4.69) is 15.6 Å². The molecule has 2 N–H and O–H groups in total. The molecule has 0 saturated heterocycles. The Hall–Kier alpha value is -2.61. The largest absolute Gasteiger partial charge is 0.356 e. The lowest BCUT2D eigenvalue weighted by atomic mass is 10.2. The minimum atomic E-state index is -0.520. The summed E-state index contributed by atoms with van der Waals surface area (Å²) in [4.78, 5) is 18.7. The molecular formula is C20H24F2N4OS. The number of carbonyl (C=O) groups excluding carboxylic acids is 1. The molecule has 0 bridgehead atoms. The van der Waals surface area contributed by atoms with Crippen molar-refractivity contribution >= 4 is 23.6 Å². The molecule has 0 spiro atoms. The van der Waals surface area contributed by atoms with Crippen LogP contribution in [0, 0.1) is 11.6 Å². The normalized spacial score (nSPS) is 11.2. The van der Waals surface area contributed by atoms with Crippen LogP contribution in [0.5, 0.6) is 0 Å². The van der Waals surface area contributed by atoms with E-state index in [1.54, 1.807) is 25.9 Å². The van der Waals surface area contributed by atoms with Crippen LogP contribution >= 0.6 is 11.8 Å². The van der Waals surface area contributed by atoms with Crippen molar-refractivity contribution in [3.05, 3.63) is 65.7 Å². The van der Waals surface area contributed by atoms with E-state index in [1.807, 2.05) is 30.3 Å². The number of nitrogens with one attached hydrogen (secondary N) is 2. The lowest BCUT2D eigenvalue weighted by Gasteiger charge is -2.15. The van der Waals surface area contributed by atoms with E-state index in [0.29, 0.717) is 12.5 Å². The van der Waals surface area contributed by atoms with Crippen molar-refractivity contribution < 1.29 is 13.6 Å². The van der Waals surface area contributed by atoms with Gasteiger partial charge in [0.25, 0.3) is 0 Å². The van der Waals surface area contributed by atoms with Crippen LogP contribution in [-0.2, 0) is 11.3 Å². The van der Waals surface area contributed by atoms with Gasteiger partial charge in [0.05, 0.1) is 13.1 Å². The van der Waals surface area contributed by atoms with E-state index < -0.39 is 11.6 Å². The van der Waals surface area contributed by atoms with Crippen molar-refractivity contribution in [3.63, 3.8) is 0 Å². The van der Waals surface area contributed by atoms with Gasteiger partial charge in [-0.25, -0.2) is 13.8 Å². The minimum absolute atomic E-state index is 0.0408. The first-order valence-corrected chi connectivity index (χ1v) is 9.78. The Bertz CT molecular complexity index is 800. The smallest absolute Gasteiger partial charge is 0.241 e. The van der Waals surface area contributed by atoms with E-state index in [9.17, 15) is 13.6 Å². The van der Waals surface area contributed by atoms with Crippen molar-refractivity contribution in [3.8, 4) is 0 Å². The molecule has 0 aliphatic heterocycles. The monoisotopic (exact) mass is 406 g/mol. The van der Waals surface area contributed by atoms with Gasteiger partial charge in [-0.2, -0.15) is 0 Å². The summed E-state index contributed by atoms with van der Waals surface area (Å²) in [5.41, 5.74) is 0.152. The highest BCUT2D eigenvalue weighted by atomic mass is 32.2. The average Bonchev–Trinajstić information content (AvgIpc) is 2.69. The molecule has 0 radical (unpaired) electrons. The number of thioether (sulfide) groups is 1. The summed E-state index contributed by atoms with van der Waals surface area (Å²) in [6.45, 7) is 0.602. The molecule has 5 nitrogen and oxygen atoms in total. The van der Waals surface area contributed by atoms with Crippen LogP contribution in [-0.4, -0.2) is 49.7 Å². The molecule has 0 atom stereocenters. The number of likely N-dealkylation sites (N-methyl/N-ethyl adjacent to an activating group) is 1. The van der Waals surface area contributed by atoms with Crippen LogP contribution in [0.4, 0.5) is 8.78 Å². The maximum Gasteiger partial charge on any atom is 0.241 e. The highest BCUT2D eigenvalue weighted by molar-refractivity contribution is 7.99. The van der Waals surface area contributed by atoms with Gasteiger partial charge in [-0.3, -0.25) is 4.79 Å². The molecule has 0 aliphatic rings. The Morgan fingerprint density at radius 3 is 2.57 bits per heavy atom. The third kappa shape index (κ3) is 7.56. The van der Waals surface area contributed by atoms with Gasteiger partial charge in [0, 0.05) is 36.9 Å². The number of nitrogens with zero attached hydrogens (tertiary/aromatic N) is 2. The van der Waals surface area contributed by atoms with Gasteiger partial charge in [0.1, 0.15) is 11.6 Å². The molecule has 8 heteroatoms. The van der Waals surface area contributed by atoms with Crippen LogP contribution in [0.3, 0.4) is 0 Å². The molecule has 2 aromatic rings. The highest BCUT2D eigenvalue weighted by Gasteiger charge is 2.07. The lowest BCUT2D eigenvalue weighted by molar-refractivity contribution is -0.127. The molecule has 0 aromatic heterocycles. The SMILES string of the molecule is CN(C)C(=O)CNC(=NCc1cc(F)ccc1F)NCCSc1ccccc1. The number of hydrogen-bond donors (Lipinski definition) is 2. The average molecular weight is 407 g/mol. The first-order chi connectivity index (χ1) is 13.5. The van der Waals surface area contributed by atoms with Gasteiger partial charge >= 0.3 is 0 Å². The van der Waals surface area contributed by atoms with Crippen molar-refractivity contribution in [2.45, 2.75) is 11.4 Å². The van der Waals surface area contributed by atoms with Gasteiger partial charge in [-0.1, -0.05) is 18.2 Å². The predicted molar refractivity (Wildman–Crippen MR) is 109 cm³/mol. The fourth-order valence-corrected chi connectivity index (χ4v) is 2.96. The standard InChI is InChI=1S/C20H24F2N4OS/c1-26(2)19(27)14-25-20(23-10-11-28-17-6-4-3-5-7-17)24-13-15-12-16(21)8-9-18(15)22/h3-9,12H,10-11,13-14H2,1-2H3,(H2,23,24,25). The fourth-order valence-electron chi connectivity index (χ4n) is 2.18. The summed E-state index contributed by atoms with van der Waals surface area (Å²) in [6, 6.07) is 13.2. The van der Waals surface area contributed by atoms with Gasteiger partial charge in [-0.15, -0.1) is 11.8 Å². The van der Waals surface area contributed by atoms with E-state index in [-0.39, 0.29) is 24.6 Å². The zero-order valence-electron chi connectivity index (χ0n) is 15.9. The van der Waals surface area contributed by atoms with E-state index >= 15 is 0 Å². The topological polar surface area (TPSA) is 56.7 Å². The Balaban J connectivity index is 1.95. The Kier molecular flexibility index (Phi) is 8.74. The molecule has 1 amide bonds. The molecule has 0 heterocycles. The summed E-state index contributed by atoms with van der Waals surface area (Å²) in [6.07, 6.45) is 0. The molecule has 0 fully saturated rings. The summed E-state index contributed by atoms with van der Waals surface area (Å²) >= 11 is 1.68. The molecule has 0 aliphatic carbocycles. The summed E-state index contributed by atoms with van der Waals surface area (Å²) in [7, 11) is 3.32. The molecule has 0 saturated carbocycles. The van der Waals surface area contributed by atoms with Crippen molar-refractivity contribution in [2.75, 3.05) is 32.9 Å². The van der Waals surface area contributed by atoms with E-state index in [4.69, 9.17) is 0 Å². The van der Waals surface area contributed by atoms with Gasteiger partial charge in [0.2, 0.25) is 5.91 Å². The summed E-state index contributed by atoms with van der Waals surface area (Å²) < 4.78 is 27.1. The maximum atomic E-state index is 13.8. The second-order valence-corrected chi connectivity index (χ2v) is 7.30. The zero-order valence-corrected chi connectivity index (χ0v) is 16.7. The van der Waals surface area contributed by atoms with Crippen molar-refractivity contribution in [2.24, 2.45) is 4.99 Å². The fraction of sp³-hybridized carbons (Fsp3) is 0.300.